The van der Waals surface area contributed by atoms with Crippen LogP contribution in [0.15, 0.2) is 24.3 Å². The van der Waals surface area contributed by atoms with E-state index in [4.69, 9.17) is 9.11 Å². The molecule has 0 aliphatic rings. The van der Waals surface area contributed by atoms with E-state index in [-0.39, 0.29) is 0 Å². The van der Waals surface area contributed by atoms with Gasteiger partial charge >= 0.3 is 0 Å². The molecular weight excluding hydrogens is 244 g/mol. The topological polar surface area (TPSA) is 109 Å². The molecule has 0 saturated heterocycles. The summed E-state index contributed by atoms with van der Waals surface area (Å²) in [7, 11) is -8.46. The highest BCUT2D eigenvalue weighted by Crippen LogP contribution is 2.03. The number of hydrogen-bond donors (Lipinski definition) is 2. The molecule has 0 rings (SSSR count). The smallest absolute Gasteiger partial charge is 0.275 e. The van der Waals surface area contributed by atoms with Gasteiger partial charge in [-0.3, -0.25) is 9.11 Å². The SMILES string of the molecule is CC=CC(C=CCS(=O)(=O)O)S(=O)(=O)O. The fourth-order valence-electron chi connectivity index (χ4n) is 0.764. The van der Waals surface area contributed by atoms with Gasteiger partial charge < -0.3 is 0 Å². The molecule has 0 heterocycles. The lowest BCUT2D eigenvalue weighted by atomic mass is 10.3. The molecule has 0 aliphatic heterocycles. The fourth-order valence-corrected chi connectivity index (χ4v) is 1.78. The molecule has 0 aromatic heterocycles. The maximum absolute atomic E-state index is 10.7. The second-order valence-corrected chi connectivity index (χ2v) is 5.75. The summed E-state index contributed by atoms with van der Waals surface area (Å²) in [6.07, 6.45) is 4.50. The molecule has 1 unspecified atom stereocenters. The summed E-state index contributed by atoms with van der Waals surface area (Å²) in [5, 5.41) is -1.30. The van der Waals surface area contributed by atoms with E-state index in [2.05, 4.69) is 0 Å². The van der Waals surface area contributed by atoms with Gasteiger partial charge in [-0.1, -0.05) is 24.3 Å². The Labute approximate surface area is 88.8 Å². The summed E-state index contributed by atoms with van der Waals surface area (Å²) in [4.78, 5) is 0. The van der Waals surface area contributed by atoms with E-state index in [1.807, 2.05) is 0 Å². The van der Waals surface area contributed by atoms with Crippen LogP contribution in [0.2, 0.25) is 0 Å². The van der Waals surface area contributed by atoms with Gasteiger partial charge in [-0.25, -0.2) is 0 Å². The molecule has 0 aliphatic carbocycles. The fraction of sp³-hybridized carbons (Fsp3) is 0.429. The van der Waals surface area contributed by atoms with E-state index in [1.54, 1.807) is 6.92 Å². The van der Waals surface area contributed by atoms with Crippen LogP contribution in [0.5, 0.6) is 0 Å². The van der Waals surface area contributed by atoms with Crippen LogP contribution in [0.3, 0.4) is 0 Å². The highest BCUT2D eigenvalue weighted by atomic mass is 32.2. The molecule has 2 N–H and O–H groups in total. The molecule has 6 nitrogen and oxygen atoms in total. The molecule has 8 heteroatoms. The van der Waals surface area contributed by atoms with Gasteiger partial charge in [0.25, 0.3) is 20.2 Å². The summed E-state index contributed by atoms with van der Waals surface area (Å²) >= 11 is 0. The van der Waals surface area contributed by atoms with Crippen LogP contribution in [0.4, 0.5) is 0 Å². The second kappa shape index (κ2) is 5.40. The first-order valence-electron chi connectivity index (χ1n) is 3.88. The van der Waals surface area contributed by atoms with Gasteiger partial charge in [0.15, 0.2) is 0 Å². The Morgan fingerprint density at radius 3 is 2.00 bits per heavy atom. The number of rotatable bonds is 5. The first-order chi connectivity index (χ1) is 6.67. The van der Waals surface area contributed by atoms with E-state index in [0.717, 1.165) is 12.2 Å². The van der Waals surface area contributed by atoms with Gasteiger partial charge in [-0.2, -0.15) is 16.8 Å². The van der Waals surface area contributed by atoms with E-state index >= 15 is 0 Å². The molecule has 0 aromatic carbocycles. The lowest BCUT2D eigenvalue weighted by molar-refractivity contribution is 0.479. The highest BCUT2D eigenvalue weighted by Gasteiger charge is 2.16. The van der Waals surface area contributed by atoms with Gasteiger partial charge in [0, 0.05) is 0 Å². The molecule has 1 atom stereocenters. The molecule has 0 spiro atoms. The Hall–Kier alpha value is -0.700. The van der Waals surface area contributed by atoms with Crippen molar-refractivity contribution in [3.05, 3.63) is 24.3 Å². The minimum Gasteiger partial charge on any atom is -0.285 e. The molecule has 15 heavy (non-hydrogen) atoms. The summed E-state index contributed by atoms with van der Waals surface area (Å²) in [5.41, 5.74) is 0. The van der Waals surface area contributed by atoms with Crippen molar-refractivity contribution in [3.63, 3.8) is 0 Å². The van der Waals surface area contributed by atoms with Crippen LogP contribution < -0.4 is 0 Å². The van der Waals surface area contributed by atoms with Crippen LogP contribution in [-0.2, 0) is 20.2 Å². The summed E-state index contributed by atoms with van der Waals surface area (Å²) in [6, 6.07) is 0. The lowest BCUT2D eigenvalue weighted by Gasteiger charge is -2.02. The zero-order valence-electron chi connectivity index (χ0n) is 7.94. The minimum atomic E-state index is -4.29. The van der Waals surface area contributed by atoms with E-state index in [1.165, 1.54) is 12.2 Å². The van der Waals surface area contributed by atoms with Gasteiger partial charge in [-0.05, 0) is 6.92 Å². The van der Waals surface area contributed by atoms with Crippen molar-refractivity contribution in [1.29, 1.82) is 0 Å². The average Bonchev–Trinajstić information content (AvgIpc) is 1.98. The van der Waals surface area contributed by atoms with Crippen molar-refractivity contribution in [2.45, 2.75) is 12.2 Å². The van der Waals surface area contributed by atoms with Crippen LogP contribution >= 0.6 is 0 Å². The standard InChI is InChI=1S/C7H12O6S2/c1-2-4-7(15(11,12)13)5-3-6-14(8,9)10/h2-5,7H,6H2,1H3,(H,8,9,10)(H,11,12,13). The third-order valence-electron chi connectivity index (χ3n) is 1.36. The van der Waals surface area contributed by atoms with E-state index in [9.17, 15) is 16.8 Å². The van der Waals surface area contributed by atoms with Gasteiger partial charge in [0.1, 0.15) is 5.25 Å². The van der Waals surface area contributed by atoms with Gasteiger partial charge in [-0.15, -0.1) is 0 Å². The highest BCUT2D eigenvalue weighted by molar-refractivity contribution is 7.86. The zero-order valence-corrected chi connectivity index (χ0v) is 9.57. The Morgan fingerprint density at radius 2 is 1.67 bits per heavy atom. The molecule has 0 bridgehead atoms. The molecule has 0 aromatic rings. The van der Waals surface area contributed by atoms with Crippen LogP contribution in [0.25, 0.3) is 0 Å². The van der Waals surface area contributed by atoms with Crippen molar-refractivity contribution >= 4 is 20.2 Å². The maximum Gasteiger partial charge on any atom is 0.275 e. The average molecular weight is 256 g/mol. The summed E-state index contributed by atoms with van der Waals surface area (Å²) in [5.74, 6) is -0.698. The Balaban J connectivity index is 4.73. The summed E-state index contributed by atoms with van der Waals surface area (Å²) in [6.45, 7) is 1.55. The molecule has 0 saturated carbocycles. The first kappa shape index (κ1) is 14.3. The van der Waals surface area contributed by atoms with Gasteiger partial charge in [0.2, 0.25) is 0 Å². The second-order valence-electron chi connectivity index (χ2n) is 2.68. The van der Waals surface area contributed by atoms with Crippen molar-refractivity contribution in [1.82, 2.24) is 0 Å². The predicted molar refractivity (Wildman–Crippen MR) is 55.7 cm³/mol. The monoisotopic (exact) mass is 256 g/mol. The van der Waals surface area contributed by atoms with Crippen LogP contribution in [0, 0.1) is 0 Å². The maximum atomic E-state index is 10.7. The van der Waals surface area contributed by atoms with Crippen LogP contribution in [0.1, 0.15) is 6.92 Å². The third-order valence-corrected chi connectivity index (χ3v) is 2.97. The van der Waals surface area contributed by atoms with Crippen LogP contribution in [-0.4, -0.2) is 36.9 Å². The molecule has 0 amide bonds. The van der Waals surface area contributed by atoms with Crippen molar-refractivity contribution in [3.8, 4) is 0 Å². The lowest BCUT2D eigenvalue weighted by Crippen LogP contribution is -2.15. The zero-order chi connectivity index (χ0) is 12.1. The third kappa shape index (κ3) is 7.25. The largest absolute Gasteiger partial charge is 0.285 e. The molecular formula is C7H12O6S2. The van der Waals surface area contributed by atoms with Crippen molar-refractivity contribution in [2.75, 3.05) is 5.75 Å². The molecule has 88 valence electrons. The predicted octanol–water partition coefficient (Wildman–Crippen LogP) is 0.263. The molecule has 0 fully saturated rings. The summed E-state index contributed by atoms with van der Waals surface area (Å²) < 4.78 is 59.1. The van der Waals surface area contributed by atoms with Crippen molar-refractivity contribution < 1.29 is 25.9 Å². The Bertz CT molecular complexity index is 442. The normalized spacial score (nSPS) is 16.2. The molecule has 0 radical (unpaired) electrons. The minimum absolute atomic E-state index is 0.698. The quantitative estimate of drug-likeness (QED) is 0.539. The van der Waals surface area contributed by atoms with E-state index < -0.39 is 31.2 Å². The first-order valence-corrected chi connectivity index (χ1v) is 6.99. The number of hydrogen-bond acceptors (Lipinski definition) is 4. The Morgan fingerprint density at radius 1 is 1.13 bits per heavy atom. The van der Waals surface area contributed by atoms with Crippen molar-refractivity contribution in [2.24, 2.45) is 0 Å². The van der Waals surface area contributed by atoms with Gasteiger partial charge in [0.05, 0.1) is 5.75 Å². The number of allylic oxidation sites excluding steroid dienone is 1. The van der Waals surface area contributed by atoms with E-state index in [0.29, 0.717) is 0 Å². The Kier molecular flexibility index (Phi) is 5.15.